The summed E-state index contributed by atoms with van der Waals surface area (Å²) < 4.78 is 7.43. The van der Waals surface area contributed by atoms with Gasteiger partial charge in [-0.15, -0.1) is 0 Å². The number of benzene rings is 1. The molecule has 6 nitrogen and oxygen atoms in total. The first-order chi connectivity index (χ1) is 11.0. The zero-order valence-corrected chi connectivity index (χ0v) is 14.9. The molecule has 1 aromatic rings. The number of nitrogens with two attached hydrogens (primary N) is 1. The van der Waals surface area contributed by atoms with E-state index in [1.165, 1.54) is 6.08 Å². The van der Waals surface area contributed by atoms with E-state index < -0.39 is 0 Å². The van der Waals surface area contributed by atoms with Crippen molar-refractivity contribution in [1.82, 2.24) is 0 Å². The average molecular weight is 426 g/mol. The average Bonchev–Trinajstić information content (AvgIpc) is 2.56. The monoisotopic (exact) mass is 426 g/mol. The molecule has 0 fully saturated rings. The maximum Gasteiger partial charge on any atom is 0.146 e. The van der Waals surface area contributed by atoms with Gasteiger partial charge in [0.05, 0.1) is 52.3 Å². The highest BCUT2D eigenvalue weighted by Gasteiger charge is 2.15. The summed E-state index contributed by atoms with van der Waals surface area (Å²) in [5, 5.41) is 16.7. The van der Waals surface area contributed by atoms with Crippen LogP contribution in [0.3, 0.4) is 0 Å². The molecule has 7 heteroatoms. The van der Waals surface area contributed by atoms with Crippen LogP contribution in [0, 0.1) is 5.41 Å². The number of aliphatic hydroxyl groups excluding tert-OH is 1. The Morgan fingerprint density at radius 3 is 2.61 bits per heavy atom. The van der Waals surface area contributed by atoms with Crippen LogP contribution in [0.2, 0.25) is 0 Å². The maximum atomic E-state index is 8.83. The molecule has 0 amide bonds. The molecule has 4 N–H and O–H groups in total. The van der Waals surface area contributed by atoms with Crippen molar-refractivity contribution < 1.29 is 9.84 Å². The molecule has 0 aliphatic heterocycles. The Labute approximate surface area is 149 Å². The minimum atomic E-state index is -0.109. The van der Waals surface area contributed by atoms with Crippen molar-refractivity contribution in [3.63, 3.8) is 0 Å². The minimum absolute atomic E-state index is 0.109. The van der Waals surface area contributed by atoms with Gasteiger partial charge < -0.3 is 18.7 Å². The second-order valence-corrected chi connectivity index (χ2v) is 5.95. The van der Waals surface area contributed by atoms with E-state index >= 15 is 0 Å². The smallest absolute Gasteiger partial charge is 0.146 e. The molecule has 1 aromatic carbocycles. The van der Waals surface area contributed by atoms with Gasteiger partial charge in [-0.05, 0) is 37.3 Å². The number of rotatable bonds is 6. The molecule has 122 valence electrons. The quantitative estimate of drug-likeness (QED) is 0.371. The highest BCUT2D eigenvalue weighted by molar-refractivity contribution is 14.1. The number of halogens is 1. The van der Waals surface area contributed by atoms with Gasteiger partial charge in [-0.25, -0.2) is 4.99 Å². The largest absolute Gasteiger partial charge is 0.489 e. The molecule has 0 unspecified atom stereocenters. The highest BCUT2D eigenvalue weighted by Crippen LogP contribution is 2.23. The number of hydrogen-bond donors (Lipinski definition) is 3. The Bertz CT molecular complexity index is 665. The molecular formula is C16H19IN4O2. The van der Waals surface area contributed by atoms with Gasteiger partial charge in [0.2, 0.25) is 0 Å². The van der Waals surface area contributed by atoms with Crippen molar-refractivity contribution in [1.29, 1.82) is 5.41 Å². The van der Waals surface area contributed by atoms with E-state index in [0.29, 0.717) is 17.2 Å². The number of ether oxygens (including phenoxy) is 1. The fraction of sp³-hybridized carbons (Fsp3) is 0.250. The zero-order valence-electron chi connectivity index (χ0n) is 12.8. The summed E-state index contributed by atoms with van der Waals surface area (Å²) in [6.07, 6.45) is 3.13. The lowest BCUT2D eigenvalue weighted by Gasteiger charge is -2.15. The fourth-order valence-electron chi connectivity index (χ4n) is 1.97. The van der Waals surface area contributed by atoms with Gasteiger partial charge in [0.25, 0.3) is 0 Å². The molecule has 0 atom stereocenters. The molecule has 23 heavy (non-hydrogen) atoms. The Morgan fingerprint density at radius 2 is 2.00 bits per heavy atom. The summed E-state index contributed by atoms with van der Waals surface area (Å²) in [6, 6.07) is 7.82. The lowest BCUT2D eigenvalue weighted by molar-refractivity contribution is 0.156. The summed E-state index contributed by atoms with van der Waals surface area (Å²) in [5.74, 6) is 0.355. The number of allylic oxidation sites excluding steroid dienone is 2. The number of aliphatic hydroxyl groups is 1. The molecule has 0 heterocycles. The Hall–Kier alpha value is -1.87. The summed E-state index contributed by atoms with van der Waals surface area (Å²) in [7, 11) is 0. The summed E-state index contributed by atoms with van der Waals surface area (Å²) >= 11 is 2.26. The molecule has 0 radical (unpaired) electrons. The Morgan fingerprint density at radius 1 is 1.30 bits per heavy atom. The van der Waals surface area contributed by atoms with Crippen molar-refractivity contribution in [2.75, 3.05) is 22.9 Å². The van der Waals surface area contributed by atoms with E-state index in [1.807, 2.05) is 24.3 Å². The van der Waals surface area contributed by atoms with Gasteiger partial charge in [-0.2, -0.15) is 0 Å². The van der Waals surface area contributed by atoms with Gasteiger partial charge in [-0.3, -0.25) is 5.41 Å². The third kappa shape index (κ3) is 4.55. The first kappa shape index (κ1) is 17.5. The standard InChI is InChI=1S/C16H19IN4O2/c1-2-21(17)12-5-3-11(4-6-12)20-15-10-16(23-8-7-22)14(19)9-13(15)18/h3-6,9-10,19,22H,2,7-8,18H2,1H3/b19-14?,20-15+. The van der Waals surface area contributed by atoms with Crippen LogP contribution in [0.5, 0.6) is 0 Å². The predicted molar refractivity (Wildman–Crippen MR) is 102 cm³/mol. The van der Waals surface area contributed by atoms with Crippen LogP contribution in [0.25, 0.3) is 0 Å². The van der Waals surface area contributed by atoms with E-state index in [-0.39, 0.29) is 18.9 Å². The van der Waals surface area contributed by atoms with Gasteiger partial charge in [0.15, 0.2) is 0 Å². The van der Waals surface area contributed by atoms with Crippen LogP contribution in [0.15, 0.2) is 52.9 Å². The SMILES string of the molecule is CCN(I)c1ccc(/N=C2\C=C(OCCO)C(=N)C=C2N)cc1. The number of anilines is 1. The lowest BCUT2D eigenvalue weighted by Crippen LogP contribution is -2.20. The van der Waals surface area contributed by atoms with E-state index in [9.17, 15) is 0 Å². The van der Waals surface area contributed by atoms with Crippen molar-refractivity contribution in [3.05, 3.63) is 47.9 Å². The number of aliphatic imine (C=N–C) groups is 1. The van der Waals surface area contributed by atoms with E-state index in [1.54, 1.807) is 6.08 Å². The van der Waals surface area contributed by atoms with Crippen molar-refractivity contribution >= 4 is 45.7 Å². The predicted octanol–water partition coefficient (Wildman–Crippen LogP) is 2.70. The molecule has 2 rings (SSSR count). The van der Waals surface area contributed by atoms with Gasteiger partial charge in [0, 0.05) is 18.3 Å². The number of nitrogens with zero attached hydrogens (tertiary/aromatic N) is 2. The number of hydrogen-bond acceptors (Lipinski definition) is 6. The van der Waals surface area contributed by atoms with Gasteiger partial charge in [0.1, 0.15) is 12.4 Å². The number of nitrogens with one attached hydrogen (secondary N) is 1. The molecule has 0 saturated heterocycles. The second kappa shape index (κ2) is 8.11. The third-order valence-corrected chi connectivity index (χ3v) is 4.37. The Balaban J connectivity index is 2.24. The lowest BCUT2D eigenvalue weighted by atomic mass is 10.1. The molecule has 0 bridgehead atoms. The van der Waals surface area contributed by atoms with Crippen molar-refractivity contribution in [2.24, 2.45) is 10.7 Å². The van der Waals surface area contributed by atoms with Crippen LogP contribution in [-0.2, 0) is 4.74 Å². The fourth-order valence-corrected chi connectivity index (χ4v) is 2.29. The summed E-state index contributed by atoms with van der Waals surface area (Å²) in [4.78, 5) is 4.50. The van der Waals surface area contributed by atoms with Crippen LogP contribution in [-0.4, -0.2) is 36.3 Å². The first-order valence-electron chi connectivity index (χ1n) is 7.19. The topological polar surface area (TPSA) is 94.9 Å². The molecular weight excluding hydrogens is 407 g/mol. The summed E-state index contributed by atoms with van der Waals surface area (Å²) in [6.45, 7) is 3.02. The van der Waals surface area contributed by atoms with Crippen LogP contribution in [0.1, 0.15) is 6.92 Å². The van der Waals surface area contributed by atoms with E-state index in [2.05, 4.69) is 37.9 Å². The second-order valence-electron chi connectivity index (χ2n) is 4.79. The molecule has 0 saturated carbocycles. The van der Waals surface area contributed by atoms with Crippen LogP contribution in [0.4, 0.5) is 11.4 Å². The van der Waals surface area contributed by atoms with Crippen molar-refractivity contribution in [3.8, 4) is 0 Å². The molecule has 0 aromatic heterocycles. The summed E-state index contributed by atoms with van der Waals surface area (Å²) in [5.41, 5.74) is 8.95. The molecule has 1 aliphatic carbocycles. The van der Waals surface area contributed by atoms with E-state index in [0.717, 1.165) is 17.9 Å². The van der Waals surface area contributed by atoms with Crippen LogP contribution < -0.4 is 8.85 Å². The van der Waals surface area contributed by atoms with Gasteiger partial charge in [-0.1, -0.05) is 0 Å². The highest BCUT2D eigenvalue weighted by atomic mass is 127. The minimum Gasteiger partial charge on any atom is -0.489 e. The third-order valence-electron chi connectivity index (χ3n) is 3.13. The van der Waals surface area contributed by atoms with Crippen LogP contribution >= 0.6 is 22.9 Å². The maximum absolute atomic E-state index is 8.83. The zero-order chi connectivity index (χ0) is 16.8. The van der Waals surface area contributed by atoms with Crippen molar-refractivity contribution in [2.45, 2.75) is 6.92 Å². The normalized spacial score (nSPS) is 16.1. The Kier molecular flexibility index (Phi) is 6.17. The molecule has 0 spiro atoms. The molecule has 1 aliphatic rings. The van der Waals surface area contributed by atoms with Gasteiger partial charge >= 0.3 is 0 Å². The van der Waals surface area contributed by atoms with E-state index in [4.69, 9.17) is 21.0 Å². The first-order valence-corrected chi connectivity index (χ1v) is 8.15.